The number of anilines is 4. The number of nitrogens with zero attached hydrogens (tertiary/aromatic N) is 3. The summed E-state index contributed by atoms with van der Waals surface area (Å²) in [6, 6.07) is 14.0. The molecule has 0 unspecified atom stereocenters. The molecule has 2 N–H and O–H groups in total. The van der Waals surface area contributed by atoms with Gasteiger partial charge in [0, 0.05) is 42.5 Å². The Morgan fingerprint density at radius 2 is 1.66 bits per heavy atom. The van der Waals surface area contributed by atoms with Crippen molar-refractivity contribution in [2.45, 2.75) is 26.7 Å². The third-order valence-electron chi connectivity index (χ3n) is 5.36. The predicted octanol–water partition coefficient (Wildman–Crippen LogP) is 4.69. The van der Waals surface area contributed by atoms with Gasteiger partial charge >= 0.3 is 0 Å². The molecule has 0 radical (unpaired) electrons. The number of aromatic nitrogens is 2. The molecule has 1 saturated heterocycles. The van der Waals surface area contributed by atoms with Crippen LogP contribution in [0.1, 0.15) is 34.3 Å². The number of nitrogens with one attached hydrogen (secondary N) is 2. The van der Waals surface area contributed by atoms with E-state index in [1.54, 1.807) is 0 Å². The maximum atomic E-state index is 12.5. The number of rotatable bonds is 5. The van der Waals surface area contributed by atoms with E-state index in [0.29, 0.717) is 11.5 Å². The summed E-state index contributed by atoms with van der Waals surface area (Å²) in [6.45, 7) is 6.32. The Balaban J connectivity index is 1.39. The van der Waals surface area contributed by atoms with Gasteiger partial charge in [0.1, 0.15) is 0 Å². The number of hydrogen-bond acceptors (Lipinski definition) is 5. The van der Waals surface area contributed by atoms with E-state index >= 15 is 0 Å². The van der Waals surface area contributed by atoms with Crippen molar-refractivity contribution in [2.75, 3.05) is 28.6 Å². The van der Waals surface area contributed by atoms with Crippen LogP contribution in [0.2, 0.25) is 0 Å². The molecule has 1 fully saturated rings. The lowest BCUT2D eigenvalue weighted by Gasteiger charge is -2.17. The van der Waals surface area contributed by atoms with Gasteiger partial charge in [-0.2, -0.15) is 0 Å². The highest BCUT2D eigenvalue weighted by Gasteiger charge is 2.13. The van der Waals surface area contributed by atoms with Crippen LogP contribution in [0.4, 0.5) is 23.0 Å². The normalized spacial score (nSPS) is 13.4. The van der Waals surface area contributed by atoms with Crippen molar-refractivity contribution in [1.82, 2.24) is 9.97 Å². The van der Waals surface area contributed by atoms with Gasteiger partial charge in [-0.3, -0.25) is 4.79 Å². The SMILES string of the molecule is Cc1cccc(Nc2ncc(C(=O)Nc3ccc(N4CCCC4)cc3)cn2)c1C. The van der Waals surface area contributed by atoms with E-state index in [1.165, 1.54) is 36.5 Å². The minimum atomic E-state index is -0.225. The molecular formula is C23H25N5O. The first-order chi connectivity index (χ1) is 14.1. The van der Waals surface area contributed by atoms with E-state index in [9.17, 15) is 4.79 Å². The van der Waals surface area contributed by atoms with Gasteiger partial charge in [-0.05, 0) is 68.1 Å². The maximum absolute atomic E-state index is 12.5. The van der Waals surface area contributed by atoms with Gasteiger partial charge < -0.3 is 15.5 Å². The summed E-state index contributed by atoms with van der Waals surface area (Å²) in [4.78, 5) is 23.4. The molecule has 1 aliphatic rings. The molecule has 0 saturated carbocycles. The minimum absolute atomic E-state index is 0.225. The van der Waals surface area contributed by atoms with Crippen LogP contribution in [0.5, 0.6) is 0 Å². The monoisotopic (exact) mass is 387 g/mol. The van der Waals surface area contributed by atoms with Gasteiger partial charge in [-0.15, -0.1) is 0 Å². The standard InChI is InChI=1S/C23H25N5O/c1-16-6-5-7-21(17(16)2)27-23-24-14-18(15-25-23)22(29)26-19-8-10-20(11-9-19)28-12-3-4-13-28/h5-11,14-15H,3-4,12-13H2,1-2H3,(H,26,29)(H,24,25,27). The molecular weight excluding hydrogens is 362 g/mol. The molecule has 3 aromatic rings. The second-order valence-corrected chi connectivity index (χ2v) is 7.36. The van der Waals surface area contributed by atoms with Gasteiger partial charge in [-0.25, -0.2) is 9.97 Å². The molecule has 29 heavy (non-hydrogen) atoms. The molecule has 1 aromatic heterocycles. The van der Waals surface area contributed by atoms with E-state index in [4.69, 9.17) is 0 Å². The highest BCUT2D eigenvalue weighted by molar-refractivity contribution is 6.04. The zero-order chi connectivity index (χ0) is 20.2. The lowest BCUT2D eigenvalue weighted by molar-refractivity contribution is 0.102. The number of hydrogen-bond donors (Lipinski definition) is 2. The second kappa shape index (κ2) is 8.31. The average Bonchev–Trinajstić information content (AvgIpc) is 3.27. The van der Waals surface area contributed by atoms with E-state index in [-0.39, 0.29) is 5.91 Å². The molecule has 6 nitrogen and oxygen atoms in total. The van der Waals surface area contributed by atoms with E-state index in [1.807, 2.05) is 24.3 Å². The Labute approximate surface area is 171 Å². The second-order valence-electron chi connectivity index (χ2n) is 7.36. The van der Waals surface area contributed by atoms with E-state index in [2.05, 4.69) is 57.5 Å². The van der Waals surface area contributed by atoms with Crippen molar-refractivity contribution in [1.29, 1.82) is 0 Å². The van der Waals surface area contributed by atoms with Crippen molar-refractivity contribution in [3.05, 3.63) is 71.5 Å². The van der Waals surface area contributed by atoms with Gasteiger partial charge in [-0.1, -0.05) is 12.1 Å². The molecule has 4 rings (SSSR count). The fraction of sp³-hybridized carbons (Fsp3) is 0.261. The zero-order valence-corrected chi connectivity index (χ0v) is 16.8. The van der Waals surface area contributed by atoms with E-state index < -0.39 is 0 Å². The molecule has 148 valence electrons. The van der Waals surface area contributed by atoms with Gasteiger partial charge in [0.05, 0.1) is 5.56 Å². The van der Waals surface area contributed by atoms with Crippen molar-refractivity contribution in [3.63, 3.8) is 0 Å². The van der Waals surface area contributed by atoms with Crippen LogP contribution >= 0.6 is 0 Å². The number of carbonyl (C=O) groups is 1. The summed E-state index contributed by atoms with van der Waals surface area (Å²) >= 11 is 0. The van der Waals surface area contributed by atoms with Gasteiger partial charge in [0.15, 0.2) is 0 Å². The van der Waals surface area contributed by atoms with Crippen molar-refractivity contribution >= 4 is 28.9 Å². The van der Waals surface area contributed by atoms with Gasteiger partial charge in [0.2, 0.25) is 5.95 Å². The summed E-state index contributed by atoms with van der Waals surface area (Å²) in [7, 11) is 0. The summed E-state index contributed by atoms with van der Waals surface area (Å²) in [6.07, 6.45) is 5.56. The summed E-state index contributed by atoms with van der Waals surface area (Å²) in [5, 5.41) is 6.11. The van der Waals surface area contributed by atoms with Crippen LogP contribution < -0.4 is 15.5 Å². The summed E-state index contributed by atoms with van der Waals surface area (Å²) in [5.74, 6) is 0.238. The maximum Gasteiger partial charge on any atom is 0.258 e. The zero-order valence-electron chi connectivity index (χ0n) is 16.8. The minimum Gasteiger partial charge on any atom is -0.372 e. The fourth-order valence-electron chi connectivity index (χ4n) is 3.45. The third kappa shape index (κ3) is 4.37. The largest absolute Gasteiger partial charge is 0.372 e. The highest BCUT2D eigenvalue weighted by Crippen LogP contribution is 2.23. The molecule has 2 heterocycles. The summed E-state index contributed by atoms with van der Waals surface area (Å²) < 4.78 is 0. The van der Waals surface area contributed by atoms with Gasteiger partial charge in [0.25, 0.3) is 5.91 Å². The smallest absolute Gasteiger partial charge is 0.258 e. The molecule has 0 spiro atoms. The average molecular weight is 387 g/mol. The third-order valence-corrected chi connectivity index (χ3v) is 5.36. The topological polar surface area (TPSA) is 70.2 Å². The van der Waals surface area contributed by atoms with Crippen LogP contribution in [0, 0.1) is 13.8 Å². The number of carbonyl (C=O) groups excluding carboxylic acids is 1. The van der Waals surface area contributed by atoms with Crippen LogP contribution in [0.15, 0.2) is 54.9 Å². The molecule has 1 aliphatic heterocycles. The van der Waals surface area contributed by atoms with Crippen LogP contribution in [-0.4, -0.2) is 29.0 Å². The van der Waals surface area contributed by atoms with Crippen molar-refractivity contribution in [2.24, 2.45) is 0 Å². The van der Waals surface area contributed by atoms with Crippen molar-refractivity contribution in [3.8, 4) is 0 Å². The summed E-state index contributed by atoms with van der Waals surface area (Å²) in [5.41, 5.74) is 5.68. The molecule has 0 atom stereocenters. The molecule has 1 amide bonds. The highest BCUT2D eigenvalue weighted by atomic mass is 16.1. The Kier molecular flexibility index (Phi) is 5.42. The fourth-order valence-corrected chi connectivity index (χ4v) is 3.45. The lowest BCUT2D eigenvalue weighted by Crippen LogP contribution is -2.17. The number of benzene rings is 2. The quantitative estimate of drug-likeness (QED) is 0.665. The Morgan fingerprint density at radius 3 is 2.34 bits per heavy atom. The number of amides is 1. The lowest BCUT2D eigenvalue weighted by atomic mass is 10.1. The first-order valence-corrected chi connectivity index (χ1v) is 9.92. The number of aryl methyl sites for hydroxylation is 1. The van der Waals surface area contributed by atoms with Crippen LogP contribution in [-0.2, 0) is 0 Å². The predicted molar refractivity (Wildman–Crippen MR) is 117 cm³/mol. The first kappa shape index (κ1) is 18.9. The first-order valence-electron chi connectivity index (χ1n) is 9.92. The van der Waals surface area contributed by atoms with Crippen molar-refractivity contribution < 1.29 is 4.79 Å². The van der Waals surface area contributed by atoms with Crippen LogP contribution in [0.3, 0.4) is 0 Å². The van der Waals surface area contributed by atoms with E-state index in [0.717, 1.165) is 30.0 Å². The Bertz CT molecular complexity index is 993. The molecule has 0 aliphatic carbocycles. The molecule has 2 aromatic carbocycles. The Hall–Kier alpha value is -3.41. The molecule has 6 heteroatoms. The van der Waals surface area contributed by atoms with Crippen LogP contribution in [0.25, 0.3) is 0 Å². The Morgan fingerprint density at radius 1 is 0.966 bits per heavy atom. The molecule has 0 bridgehead atoms.